The molecule has 0 aliphatic heterocycles. The highest BCUT2D eigenvalue weighted by atomic mass is 79.9. The summed E-state index contributed by atoms with van der Waals surface area (Å²) in [5.41, 5.74) is 0.228. The van der Waals surface area contributed by atoms with Crippen LogP contribution in [0.3, 0.4) is 0 Å². The molecule has 2 aromatic rings. The van der Waals surface area contributed by atoms with Gasteiger partial charge in [-0.1, -0.05) is 0 Å². The van der Waals surface area contributed by atoms with Crippen molar-refractivity contribution in [3.05, 3.63) is 40.9 Å². The summed E-state index contributed by atoms with van der Waals surface area (Å²) in [5.74, 6) is 0.692. The molecule has 18 heavy (non-hydrogen) atoms. The molecule has 2 aromatic heterocycles. The Balaban J connectivity index is 2.14. The average Bonchev–Trinajstić information content (AvgIpc) is 2.41. The number of carbonyl (C=O) groups excluding carboxylic acids is 1. The van der Waals surface area contributed by atoms with Crippen LogP contribution >= 0.6 is 15.9 Å². The van der Waals surface area contributed by atoms with E-state index in [-0.39, 0.29) is 11.6 Å². The number of carbonyl (C=O) groups is 1. The van der Waals surface area contributed by atoms with Gasteiger partial charge in [0.1, 0.15) is 17.3 Å². The number of aromatic nitrogens is 3. The van der Waals surface area contributed by atoms with Crippen molar-refractivity contribution in [3.8, 4) is 0 Å². The Kier molecular flexibility index (Phi) is 3.83. The first-order valence-electron chi connectivity index (χ1n) is 5.12. The first-order valence-corrected chi connectivity index (χ1v) is 5.91. The van der Waals surface area contributed by atoms with Gasteiger partial charge >= 0.3 is 0 Å². The zero-order valence-electron chi connectivity index (χ0n) is 9.51. The summed E-state index contributed by atoms with van der Waals surface area (Å²) in [6.07, 6.45) is 4.48. The van der Waals surface area contributed by atoms with Gasteiger partial charge in [0.05, 0.1) is 16.9 Å². The van der Waals surface area contributed by atoms with Gasteiger partial charge in [-0.3, -0.25) is 4.79 Å². The number of hydrogen-bond donors (Lipinski definition) is 2. The van der Waals surface area contributed by atoms with Crippen LogP contribution in [0.4, 0.5) is 11.6 Å². The quantitative estimate of drug-likeness (QED) is 0.905. The average molecular weight is 308 g/mol. The van der Waals surface area contributed by atoms with Gasteiger partial charge < -0.3 is 10.6 Å². The third-order valence-electron chi connectivity index (χ3n) is 2.13. The Labute approximate surface area is 112 Å². The number of hydrogen-bond acceptors (Lipinski definition) is 5. The molecule has 92 valence electrons. The second kappa shape index (κ2) is 5.54. The number of pyridine rings is 1. The van der Waals surface area contributed by atoms with Crippen molar-refractivity contribution in [3.63, 3.8) is 0 Å². The molecule has 0 aromatic carbocycles. The molecule has 0 radical (unpaired) electrons. The van der Waals surface area contributed by atoms with Gasteiger partial charge in [0, 0.05) is 13.2 Å². The molecule has 1 amide bonds. The molecule has 2 heterocycles. The summed E-state index contributed by atoms with van der Waals surface area (Å²) in [6.45, 7) is 0. The van der Waals surface area contributed by atoms with E-state index in [0.717, 1.165) is 0 Å². The maximum atomic E-state index is 11.9. The van der Waals surface area contributed by atoms with Crippen molar-refractivity contribution in [1.82, 2.24) is 15.0 Å². The molecule has 0 saturated heterocycles. The summed E-state index contributed by atoms with van der Waals surface area (Å²) in [4.78, 5) is 23.9. The first-order chi connectivity index (χ1) is 8.70. The molecular formula is C11H10BrN5O. The molecule has 7 heteroatoms. The van der Waals surface area contributed by atoms with Gasteiger partial charge in [0.25, 0.3) is 5.91 Å². The Morgan fingerprint density at radius 1 is 1.28 bits per heavy atom. The fourth-order valence-corrected chi connectivity index (χ4v) is 1.58. The molecule has 0 spiro atoms. The van der Waals surface area contributed by atoms with Crippen LogP contribution in [0.1, 0.15) is 10.5 Å². The van der Waals surface area contributed by atoms with Crippen molar-refractivity contribution in [2.45, 2.75) is 0 Å². The molecule has 0 aliphatic rings. The SMILES string of the molecule is CNc1cnc(C(=O)Nc2ncccc2Br)cn1. The molecule has 0 saturated carbocycles. The number of nitrogens with one attached hydrogen (secondary N) is 2. The number of rotatable bonds is 3. The minimum atomic E-state index is -0.357. The Morgan fingerprint density at radius 3 is 2.72 bits per heavy atom. The third-order valence-corrected chi connectivity index (χ3v) is 2.77. The smallest absolute Gasteiger partial charge is 0.277 e. The van der Waals surface area contributed by atoms with Gasteiger partial charge in [-0.05, 0) is 28.1 Å². The Bertz CT molecular complexity index is 558. The lowest BCUT2D eigenvalue weighted by molar-refractivity contribution is 0.102. The van der Waals surface area contributed by atoms with E-state index in [2.05, 4.69) is 41.5 Å². The highest BCUT2D eigenvalue weighted by Crippen LogP contribution is 2.18. The molecule has 2 rings (SSSR count). The Morgan fingerprint density at radius 2 is 2.11 bits per heavy atom. The number of amides is 1. The van der Waals surface area contributed by atoms with Gasteiger partial charge in [-0.15, -0.1) is 0 Å². The number of halogens is 1. The predicted octanol–water partition coefficient (Wildman–Crippen LogP) is 1.93. The fourth-order valence-electron chi connectivity index (χ4n) is 1.22. The van der Waals surface area contributed by atoms with Crippen molar-refractivity contribution in [2.75, 3.05) is 17.7 Å². The van der Waals surface area contributed by atoms with Crippen LogP contribution in [0.5, 0.6) is 0 Å². The molecule has 0 bridgehead atoms. The second-order valence-corrected chi connectivity index (χ2v) is 4.18. The molecule has 0 atom stereocenters. The van der Waals surface area contributed by atoms with Crippen LogP contribution < -0.4 is 10.6 Å². The highest BCUT2D eigenvalue weighted by molar-refractivity contribution is 9.10. The summed E-state index contributed by atoms with van der Waals surface area (Å²) in [7, 11) is 1.73. The van der Waals surface area contributed by atoms with Crippen molar-refractivity contribution in [2.24, 2.45) is 0 Å². The molecule has 0 aliphatic carbocycles. The van der Waals surface area contributed by atoms with Crippen molar-refractivity contribution in [1.29, 1.82) is 0 Å². The largest absolute Gasteiger partial charge is 0.372 e. The van der Waals surface area contributed by atoms with Crippen LogP contribution in [0.2, 0.25) is 0 Å². The molecule has 6 nitrogen and oxygen atoms in total. The first kappa shape index (κ1) is 12.4. The molecule has 0 unspecified atom stereocenters. The van der Waals surface area contributed by atoms with Gasteiger partial charge in [-0.2, -0.15) is 0 Å². The van der Waals surface area contributed by atoms with E-state index in [1.165, 1.54) is 12.4 Å². The van der Waals surface area contributed by atoms with E-state index in [1.807, 2.05) is 0 Å². The van der Waals surface area contributed by atoms with Gasteiger partial charge in [-0.25, -0.2) is 15.0 Å². The summed E-state index contributed by atoms with van der Waals surface area (Å²) in [5, 5.41) is 5.47. The van der Waals surface area contributed by atoms with Crippen molar-refractivity contribution < 1.29 is 4.79 Å². The van der Waals surface area contributed by atoms with Crippen LogP contribution in [-0.4, -0.2) is 27.9 Å². The van der Waals surface area contributed by atoms with E-state index in [9.17, 15) is 4.79 Å². The standard InChI is InChI=1S/C11H10BrN5O/c1-13-9-6-15-8(5-16-9)11(18)17-10-7(12)3-2-4-14-10/h2-6H,1H3,(H,13,16)(H,14,17,18). The van der Waals surface area contributed by atoms with E-state index in [0.29, 0.717) is 16.1 Å². The summed E-state index contributed by atoms with van der Waals surface area (Å²) >= 11 is 3.30. The molecular weight excluding hydrogens is 298 g/mol. The topological polar surface area (TPSA) is 79.8 Å². The predicted molar refractivity (Wildman–Crippen MR) is 71.5 cm³/mol. The van der Waals surface area contributed by atoms with Crippen LogP contribution in [0, 0.1) is 0 Å². The fraction of sp³-hybridized carbons (Fsp3) is 0.0909. The summed E-state index contributed by atoms with van der Waals surface area (Å²) < 4.78 is 0.707. The van der Waals surface area contributed by atoms with E-state index in [1.54, 1.807) is 25.4 Å². The van der Waals surface area contributed by atoms with Crippen LogP contribution in [-0.2, 0) is 0 Å². The minimum absolute atomic E-state index is 0.228. The third kappa shape index (κ3) is 2.80. The Hall–Kier alpha value is -2.02. The summed E-state index contributed by atoms with van der Waals surface area (Å²) in [6, 6.07) is 3.56. The zero-order chi connectivity index (χ0) is 13.0. The lowest BCUT2D eigenvalue weighted by atomic mass is 10.4. The zero-order valence-corrected chi connectivity index (χ0v) is 11.1. The van der Waals surface area contributed by atoms with E-state index in [4.69, 9.17) is 0 Å². The lowest BCUT2D eigenvalue weighted by Gasteiger charge is -2.05. The molecule has 0 fully saturated rings. The van der Waals surface area contributed by atoms with Crippen LogP contribution in [0.15, 0.2) is 35.2 Å². The van der Waals surface area contributed by atoms with E-state index >= 15 is 0 Å². The maximum absolute atomic E-state index is 11.9. The normalized spacial score (nSPS) is 9.89. The van der Waals surface area contributed by atoms with Gasteiger partial charge in [0.2, 0.25) is 0 Å². The van der Waals surface area contributed by atoms with Crippen LogP contribution in [0.25, 0.3) is 0 Å². The van der Waals surface area contributed by atoms with Gasteiger partial charge in [0.15, 0.2) is 0 Å². The maximum Gasteiger partial charge on any atom is 0.277 e. The van der Waals surface area contributed by atoms with Crippen molar-refractivity contribution >= 4 is 33.5 Å². The highest BCUT2D eigenvalue weighted by Gasteiger charge is 2.10. The number of anilines is 2. The molecule has 2 N–H and O–H groups in total. The number of nitrogens with zero attached hydrogens (tertiary/aromatic N) is 3. The second-order valence-electron chi connectivity index (χ2n) is 3.32. The monoisotopic (exact) mass is 307 g/mol. The van der Waals surface area contributed by atoms with E-state index < -0.39 is 0 Å². The lowest BCUT2D eigenvalue weighted by Crippen LogP contribution is -2.15. The minimum Gasteiger partial charge on any atom is -0.372 e.